The molecule has 3 N–H and O–H groups in total. The summed E-state index contributed by atoms with van der Waals surface area (Å²) in [5.74, 6) is 0.0773. The number of amides is 2. The van der Waals surface area contributed by atoms with Crippen LogP contribution in [0.2, 0.25) is 0 Å². The summed E-state index contributed by atoms with van der Waals surface area (Å²) in [7, 11) is 0. The third-order valence-electron chi connectivity index (χ3n) is 5.12. The van der Waals surface area contributed by atoms with Crippen LogP contribution in [-0.2, 0) is 9.59 Å². The maximum atomic E-state index is 13.1. The summed E-state index contributed by atoms with van der Waals surface area (Å²) in [6.07, 6.45) is 6.52. The highest BCUT2D eigenvalue weighted by molar-refractivity contribution is 6.28. The van der Waals surface area contributed by atoms with Gasteiger partial charge in [0.25, 0.3) is 0 Å². The fraction of sp³-hybridized carbons (Fsp3) is 0.667. The van der Waals surface area contributed by atoms with Gasteiger partial charge in [-0.3, -0.25) is 19.8 Å². The Labute approximate surface area is 148 Å². The van der Waals surface area contributed by atoms with Gasteiger partial charge in [-0.1, -0.05) is 25.8 Å². The van der Waals surface area contributed by atoms with Crippen LogP contribution in [-0.4, -0.2) is 47.1 Å². The lowest BCUT2D eigenvalue weighted by atomic mass is 9.90. The Hall–Kier alpha value is -2.02. The molecule has 1 aliphatic carbocycles. The van der Waals surface area contributed by atoms with Crippen LogP contribution in [0.3, 0.4) is 0 Å². The Kier molecular flexibility index (Phi) is 5.32. The predicted molar refractivity (Wildman–Crippen MR) is 97.1 cm³/mol. The predicted octanol–water partition coefficient (Wildman–Crippen LogP) is 1.35. The first-order valence-corrected chi connectivity index (χ1v) is 9.20. The van der Waals surface area contributed by atoms with Gasteiger partial charge in [-0.2, -0.15) is 0 Å². The molecule has 0 radical (unpaired) electrons. The number of fused-ring (bicyclic) bond motifs is 1. The van der Waals surface area contributed by atoms with Crippen LogP contribution in [0, 0.1) is 5.92 Å². The summed E-state index contributed by atoms with van der Waals surface area (Å²) < 4.78 is 0. The molecular formula is C18H27N5O2. The fourth-order valence-corrected chi connectivity index (χ4v) is 3.87. The van der Waals surface area contributed by atoms with Gasteiger partial charge in [0.15, 0.2) is 6.29 Å². The van der Waals surface area contributed by atoms with E-state index < -0.39 is 0 Å². The van der Waals surface area contributed by atoms with Crippen molar-refractivity contribution >= 4 is 23.4 Å². The second kappa shape index (κ2) is 7.47. The number of hydrogen-bond donors (Lipinski definition) is 2. The molecule has 25 heavy (non-hydrogen) atoms. The lowest BCUT2D eigenvalue weighted by Crippen LogP contribution is -2.52. The molecule has 7 nitrogen and oxygen atoms in total. The first kappa shape index (κ1) is 17.8. The molecule has 3 rings (SSSR count). The molecule has 0 aromatic heterocycles. The van der Waals surface area contributed by atoms with Crippen molar-refractivity contribution in [1.29, 1.82) is 0 Å². The SMILES string of the molecule is CCNC1N=C(C)C2=CC(CCC(N)=O)C(=O)N(C3CCCC3)C2=N1. The van der Waals surface area contributed by atoms with Gasteiger partial charge in [0.05, 0.1) is 5.92 Å². The van der Waals surface area contributed by atoms with E-state index in [1.165, 1.54) is 0 Å². The number of nitrogens with one attached hydrogen (secondary N) is 1. The van der Waals surface area contributed by atoms with Gasteiger partial charge in [-0.25, -0.2) is 9.98 Å². The van der Waals surface area contributed by atoms with Crippen LogP contribution in [0.5, 0.6) is 0 Å². The lowest BCUT2D eigenvalue weighted by molar-refractivity contribution is -0.132. The van der Waals surface area contributed by atoms with Crippen molar-refractivity contribution in [1.82, 2.24) is 10.2 Å². The van der Waals surface area contributed by atoms with Crippen LogP contribution < -0.4 is 11.1 Å². The molecule has 136 valence electrons. The molecule has 7 heteroatoms. The highest BCUT2D eigenvalue weighted by atomic mass is 16.2. The summed E-state index contributed by atoms with van der Waals surface area (Å²) in [5.41, 5.74) is 7.09. The fourth-order valence-electron chi connectivity index (χ4n) is 3.87. The van der Waals surface area contributed by atoms with Crippen molar-refractivity contribution in [2.24, 2.45) is 21.6 Å². The molecule has 2 atom stereocenters. The zero-order valence-corrected chi connectivity index (χ0v) is 15.0. The van der Waals surface area contributed by atoms with Gasteiger partial charge >= 0.3 is 0 Å². The molecule has 0 spiro atoms. The quantitative estimate of drug-likeness (QED) is 0.760. The standard InChI is InChI=1S/C18H27N5O2/c1-3-20-18-21-11(2)14-10-12(8-9-15(19)24)17(25)23(16(14)22-18)13-6-4-5-7-13/h10,12-13,18,20H,3-9H2,1-2H3,(H2,19,24). The minimum absolute atomic E-state index is 0.0422. The number of amidine groups is 1. The zero-order valence-electron chi connectivity index (χ0n) is 15.0. The number of carbonyl (C=O) groups excluding carboxylic acids is 2. The van der Waals surface area contributed by atoms with Gasteiger partial charge in [-0.05, 0) is 32.7 Å². The second-order valence-electron chi connectivity index (χ2n) is 6.94. The van der Waals surface area contributed by atoms with Crippen molar-refractivity contribution < 1.29 is 9.59 Å². The molecule has 3 aliphatic rings. The first-order chi connectivity index (χ1) is 12.0. The highest BCUT2D eigenvalue weighted by Gasteiger charge is 2.40. The Balaban J connectivity index is 1.96. The van der Waals surface area contributed by atoms with E-state index in [4.69, 9.17) is 10.7 Å². The molecule has 0 saturated heterocycles. The number of nitrogens with two attached hydrogens (primary N) is 1. The maximum Gasteiger partial charge on any atom is 0.235 e. The summed E-state index contributed by atoms with van der Waals surface area (Å²) in [4.78, 5) is 35.5. The maximum absolute atomic E-state index is 13.1. The lowest BCUT2D eigenvalue weighted by Gasteiger charge is -2.39. The number of aliphatic imine (C=N–C) groups is 2. The smallest absolute Gasteiger partial charge is 0.235 e. The Bertz CT molecular complexity index is 646. The third kappa shape index (κ3) is 3.66. The van der Waals surface area contributed by atoms with E-state index in [0.29, 0.717) is 6.42 Å². The Morgan fingerprint density at radius 3 is 2.72 bits per heavy atom. The minimum atomic E-state index is -0.376. The molecule has 2 heterocycles. The molecule has 2 unspecified atom stereocenters. The van der Waals surface area contributed by atoms with Crippen LogP contribution >= 0.6 is 0 Å². The van der Waals surface area contributed by atoms with E-state index in [0.717, 1.165) is 49.3 Å². The highest BCUT2D eigenvalue weighted by Crippen LogP contribution is 2.33. The van der Waals surface area contributed by atoms with E-state index in [2.05, 4.69) is 10.3 Å². The van der Waals surface area contributed by atoms with Crippen LogP contribution in [0.4, 0.5) is 0 Å². The number of carbonyl (C=O) groups is 2. The van der Waals surface area contributed by atoms with Crippen LogP contribution in [0.25, 0.3) is 0 Å². The number of rotatable bonds is 6. The van der Waals surface area contributed by atoms with Gasteiger partial charge < -0.3 is 5.73 Å². The van der Waals surface area contributed by atoms with Crippen molar-refractivity contribution in [3.8, 4) is 0 Å². The molecule has 1 fully saturated rings. The Morgan fingerprint density at radius 1 is 1.36 bits per heavy atom. The largest absolute Gasteiger partial charge is 0.370 e. The number of primary amides is 1. The molecule has 0 aromatic carbocycles. The van der Waals surface area contributed by atoms with E-state index in [9.17, 15) is 9.59 Å². The summed E-state index contributed by atoms with van der Waals surface area (Å²) >= 11 is 0. The average Bonchev–Trinajstić information content (AvgIpc) is 3.07. The molecule has 1 saturated carbocycles. The van der Waals surface area contributed by atoms with Crippen molar-refractivity contribution in [3.63, 3.8) is 0 Å². The van der Waals surface area contributed by atoms with E-state index in [1.807, 2.05) is 24.8 Å². The van der Waals surface area contributed by atoms with Crippen LogP contribution in [0.1, 0.15) is 52.4 Å². The van der Waals surface area contributed by atoms with Gasteiger partial charge in [0.2, 0.25) is 11.8 Å². The first-order valence-electron chi connectivity index (χ1n) is 9.20. The second-order valence-corrected chi connectivity index (χ2v) is 6.94. The van der Waals surface area contributed by atoms with E-state index in [-0.39, 0.29) is 36.5 Å². The van der Waals surface area contributed by atoms with Crippen LogP contribution in [0.15, 0.2) is 21.6 Å². The molecule has 2 aliphatic heterocycles. The van der Waals surface area contributed by atoms with Crippen molar-refractivity contribution in [2.45, 2.75) is 64.7 Å². The van der Waals surface area contributed by atoms with Crippen molar-refractivity contribution in [3.05, 3.63) is 11.6 Å². The summed E-state index contributed by atoms with van der Waals surface area (Å²) in [6.45, 7) is 4.73. The molecular weight excluding hydrogens is 318 g/mol. The van der Waals surface area contributed by atoms with Gasteiger partial charge in [-0.15, -0.1) is 0 Å². The normalized spacial score (nSPS) is 26.9. The average molecular weight is 345 g/mol. The topological polar surface area (TPSA) is 100 Å². The molecule has 0 bridgehead atoms. The summed E-state index contributed by atoms with van der Waals surface area (Å²) in [6, 6.07) is 0.194. The van der Waals surface area contributed by atoms with Gasteiger partial charge in [0, 0.05) is 23.7 Å². The molecule has 2 amide bonds. The monoisotopic (exact) mass is 345 g/mol. The summed E-state index contributed by atoms with van der Waals surface area (Å²) in [5, 5.41) is 3.22. The minimum Gasteiger partial charge on any atom is -0.370 e. The Morgan fingerprint density at radius 2 is 2.08 bits per heavy atom. The van der Waals surface area contributed by atoms with E-state index >= 15 is 0 Å². The van der Waals surface area contributed by atoms with Gasteiger partial charge in [0.1, 0.15) is 5.84 Å². The molecule has 0 aromatic rings. The third-order valence-corrected chi connectivity index (χ3v) is 5.12. The zero-order chi connectivity index (χ0) is 18.0. The number of hydrogen-bond acceptors (Lipinski definition) is 5. The van der Waals surface area contributed by atoms with Crippen molar-refractivity contribution in [2.75, 3.05) is 6.54 Å². The van der Waals surface area contributed by atoms with E-state index in [1.54, 1.807) is 0 Å². The number of nitrogens with zero attached hydrogens (tertiary/aromatic N) is 3.